The van der Waals surface area contributed by atoms with Crippen LogP contribution in [0.3, 0.4) is 0 Å². The van der Waals surface area contributed by atoms with E-state index in [-0.39, 0.29) is 12.1 Å². The lowest BCUT2D eigenvalue weighted by atomic mass is 10.1. The topological polar surface area (TPSA) is 55.8 Å². The molecule has 0 aliphatic carbocycles. The van der Waals surface area contributed by atoms with Crippen LogP contribution in [-0.2, 0) is 14.3 Å². The van der Waals surface area contributed by atoms with Crippen LogP contribution in [0.5, 0.6) is 0 Å². The smallest absolute Gasteiger partial charge is 0.304 e. The number of carbonyl (C=O) groups is 1. The molecule has 1 heterocycles. The highest BCUT2D eigenvalue weighted by atomic mass is 16.7. The number of hydrogen-bond acceptors (Lipinski definition) is 4. The van der Waals surface area contributed by atoms with E-state index in [9.17, 15) is 9.90 Å². The molecule has 3 atom stereocenters. The number of rotatable bonds is 1. The summed E-state index contributed by atoms with van der Waals surface area (Å²) in [7, 11) is 0. The molecule has 1 fully saturated rings. The fourth-order valence-electron chi connectivity index (χ4n) is 1.21. The molecule has 0 amide bonds. The Labute approximate surface area is 71.5 Å². The SMILES string of the molecule is CC(=O)OC1CCC(O)C(C)O1. The molecule has 4 nitrogen and oxygen atoms in total. The van der Waals surface area contributed by atoms with Gasteiger partial charge in [-0.2, -0.15) is 0 Å². The number of ether oxygens (including phenoxy) is 2. The second-order valence-electron chi connectivity index (χ2n) is 3.02. The minimum absolute atomic E-state index is 0.247. The standard InChI is InChI=1S/C8H14O4/c1-5-7(10)3-4-8(11-5)12-6(2)9/h5,7-8,10H,3-4H2,1-2H3. The molecular weight excluding hydrogens is 160 g/mol. The van der Waals surface area contributed by atoms with E-state index in [0.717, 1.165) is 0 Å². The van der Waals surface area contributed by atoms with Gasteiger partial charge in [-0.25, -0.2) is 0 Å². The second kappa shape index (κ2) is 3.87. The van der Waals surface area contributed by atoms with Gasteiger partial charge in [0.1, 0.15) is 0 Å². The lowest BCUT2D eigenvalue weighted by molar-refractivity contribution is -0.216. The molecule has 0 saturated carbocycles. The summed E-state index contributed by atoms with van der Waals surface area (Å²) in [5.41, 5.74) is 0. The highest BCUT2D eigenvalue weighted by Crippen LogP contribution is 2.19. The van der Waals surface area contributed by atoms with Gasteiger partial charge in [0.2, 0.25) is 6.29 Å². The first-order valence-electron chi connectivity index (χ1n) is 4.10. The summed E-state index contributed by atoms with van der Waals surface area (Å²) in [6.45, 7) is 3.11. The largest absolute Gasteiger partial charge is 0.436 e. The number of aliphatic hydroxyl groups excluding tert-OH is 1. The van der Waals surface area contributed by atoms with Gasteiger partial charge in [0.15, 0.2) is 0 Å². The number of esters is 1. The molecule has 70 valence electrons. The van der Waals surface area contributed by atoms with Gasteiger partial charge in [-0.15, -0.1) is 0 Å². The third-order valence-corrected chi connectivity index (χ3v) is 1.90. The van der Waals surface area contributed by atoms with Crippen LogP contribution in [0.2, 0.25) is 0 Å². The molecule has 12 heavy (non-hydrogen) atoms. The van der Waals surface area contributed by atoms with Crippen LogP contribution in [0, 0.1) is 0 Å². The normalized spacial score (nSPS) is 36.1. The van der Waals surface area contributed by atoms with E-state index in [2.05, 4.69) is 0 Å². The second-order valence-corrected chi connectivity index (χ2v) is 3.02. The van der Waals surface area contributed by atoms with Crippen molar-refractivity contribution >= 4 is 5.97 Å². The summed E-state index contributed by atoms with van der Waals surface area (Å²) in [5, 5.41) is 9.26. The van der Waals surface area contributed by atoms with Crippen molar-refractivity contribution in [3.05, 3.63) is 0 Å². The van der Waals surface area contributed by atoms with Gasteiger partial charge in [-0.3, -0.25) is 4.79 Å². The Hall–Kier alpha value is -0.610. The zero-order chi connectivity index (χ0) is 9.14. The molecule has 0 aromatic rings. The first-order valence-corrected chi connectivity index (χ1v) is 4.10. The predicted octanol–water partition coefficient (Wildman–Crippen LogP) is 0.435. The van der Waals surface area contributed by atoms with Crippen LogP contribution in [0.15, 0.2) is 0 Å². The number of carbonyl (C=O) groups excluding carboxylic acids is 1. The van der Waals surface area contributed by atoms with E-state index in [1.54, 1.807) is 6.92 Å². The van der Waals surface area contributed by atoms with E-state index < -0.39 is 12.4 Å². The first-order chi connectivity index (χ1) is 5.59. The highest BCUT2D eigenvalue weighted by Gasteiger charge is 2.27. The fourth-order valence-corrected chi connectivity index (χ4v) is 1.21. The maximum atomic E-state index is 10.5. The number of aliphatic hydroxyl groups is 1. The van der Waals surface area contributed by atoms with Crippen LogP contribution in [-0.4, -0.2) is 29.6 Å². The van der Waals surface area contributed by atoms with Gasteiger partial charge >= 0.3 is 5.97 Å². The van der Waals surface area contributed by atoms with Crippen molar-refractivity contribution < 1.29 is 19.4 Å². The summed E-state index contributed by atoms with van der Waals surface area (Å²) in [4.78, 5) is 10.5. The van der Waals surface area contributed by atoms with Gasteiger partial charge < -0.3 is 14.6 Å². The molecule has 0 aromatic carbocycles. The van der Waals surface area contributed by atoms with Crippen LogP contribution in [0.25, 0.3) is 0 Å². The third kappa shape index (κ3) is 2.46. The predicted molar refractivity (Wildman–Crippen MR) is 41.3 cm³/mol. The van der Waals surface area contributed by atoms with Crippen LogP contribution >= 0.6 is 0 Å². The maximum Gasteiger partial charge on any atom is 0.304 e. The van der Waals surface area contributed by atoms with Gasteiger partial charge in [0.25, 0.3) is 0 Å². The average molecular weight is 174 g/mol. The van der Waals surface area contributed by atoms with Crippen molar-refractivity contribution in [2.45, 2.75) is 45.2 Å². The molecule has 1 aliphatic rings. The Morgan fingerprint density at radius 3 is 2.75 bits per heavy atom. The van der Waals surface area contributed by atoms with E-state index in [1.807, 2.05) is 0 Å². The van der Waals surface area contributed by atoms with Crippen molar-refractivity contribution in [3.63, 3.8) is 0 Å². The molecule has 0 bridgehead atoms. The van der Waals surface area contributed by atoms with Crippen LogP contribution < -0.4 is 0 Å². The molecule has 0 radical (unpaired) electrons. The molecule has 4 heteroatoms. The van der Waals surface area contributed by atoms with Crippen LogP contribution in [0.1, 0.15) is 26.7 Å². The Morgan fingerprint density at radius 2 is 2.25 bits per heavy atom. The van der Waals surface area contributed by atoms with Crippen molar-refractivity contribution in [1.29, 1.82) is 0 Å². The zero-order valence-electron chi connectivity index (χ0n) is 7.32. The minimum Gasteiger partial charge on any atom is -0.436 e. The third-order valence-electron chi connectivity index (χ3n) is 1.90. The Balaban J connectivity index is 2.35. The van der Waals surface area contributed by atoms with Crippen LogP contribution in [0.4, 0.5) is 0 Å². The van der Waals surface area contributed by atoms with Crippen molar-refractivity contribution in [2.75, 3.05) is 0 Å². The Morgan fingerprint density at radius 1 is 1.58 bits per heavy atom. The fraction of sp³-hybridized carbons (Fsp3) is 0.875. The highest BCUT2D eigenvalue weighted by molar-refractivity contribution is 5.66. The molecule has 1 N–H and O–H groups in total. The van der Waals surface area contributed by atoms with E-state index >= 15 is 0 Å². The summed E-state index contributed by atoms with van der Waals surface area (Å²) in [6.07, 6.45) is 0.0466. The summed E-state index contributed by atoms with van der Waals surface area (Å²) >= 11 is 0. The number of hydrogen-bond donors (Lipinski definition) is 1. The van der Waals surface area contributed by atoms with Crippen molar-refractivity contribution in [1.82, 2.24) is 0 Å². The van der Waals surface area contributed by atoms with Gasteiger partial charge in [-0.1, -0.05) is 0 Å². The molecule has 3 unspecified atom stereocenters. The van der Waals surface area contributed by atoms with Crippen molar-refractivity contribution in [2.24, 2.45) is 0 Å². The lowest BCUT2D eigenvalue weighted by Gasteiger charge is -2.30. The average Bonchev–Trinajstić information content (AvgIpc) is 1.96. The van der Waals surface area contributed by atoms with Gasteiger partial charge in [-0.05, 0) is 13.3 Å². The first kappa shape index (κ1) is 9.48. The summed E-state index contributed by atoms with van der Waals surface area (Å²) in [6, 6.07) is 0. The molecule has 0 spiro atoms. The summed E-state index contributed by atoms with van der Waals surface area (Å²) in [5.74, 6) is -0.344. The monoisotopic (exact) mass is 174 g/mol. The lowest BCUT2D eigenvalue weighted by Crippen LogP contribution is -2.38. The summed E-state index contributed by atoms with van der Waals surface area (Å²) < 4.78 is 10.1. The minimum atomic E-state index is -0.471. The van der Waals surface area contributed by atoms with Gasteiger partial charge in [0.05, 0.1) is 12.2 Å². The van der Waals surface area contributed by atoms with E-state index in [4.69, 9.17) is 9.47 Å². The Kier molecular flexibility index (Phi) is 3.05. The quantitative estimate of drug-likeness (QED) is 0.586. The molecular formula is C8H14O4. The molecule has 1 rings (SSSR count). The molecule has 0 aromatic heterocycles. The zero-order valence-corrected chi connectivity index (χ0v) is 7.32. The molecule has 1 saturated heterocycles. The maximum absolute atomic E-state index is 10.5. The van der Waals surface area contributed by atoms with E-state index in [1.165, 1.54) is 6.92 Å². The van der Waals surface area contributed by atoms with Crippen molar-refractivity contribution in [3.8, 4) is 0 Å². The van der Waals surface area contributed by atoms with Gasteiger partial charge in [0, 0.05) is 13.3 Å². The Bertz CT molecular complexity index is 168. The van der Waals surface area contributed by atoms with E-state index in [0.29, 0.717) is 12.8 Å². The molecule has 1 aliphatic heterocycles.